The average Bonchev–Trinajstić information content (AvgIpc) is 2.46. The summed E-state index contributed by atoms with van der Waals surface area (Å²) < 4.78 is 5.71. The van der Waals surface area contributed by atoms with Crippen molar-refractivity contribution >= 4 is 12.0 Å². The standard InChI is InChI=1S/C16H14O4/c17-11-13-5-1-2-7-15(13)20-14-6-3-4-12(10-14)8-9-16(18)19/h1-10,17H,11H2,(H,18,19). The first-order chi connectivity index (χ1) is 9.69. The zero-order valence-electron chi connectivity index (χ0n) is 10.7. The number of rotatable bonds is 5. The number of carbonyl (C=O) groups is 1. The van der Waals surface area contributed by atoms with Crippen LogP contribution in [0.15, 0.2) is 54.6 Å². The number of aliphatic hydroxyl groups is 1. The molecule has 102 valence electrons. The second-order valence-corrected chi connectivity index (χ2v) is 4.11. The molecule has 0 atom stereocenters. The fourth-order valence-corrected chi connectivity index (χ4v) is 1.71. The lowest BCUT2D eigenvalue weighted by atomic mass is 10.2. The van der Waals surface area contributed by atoms with Crippen molar-refractivity contribution in [1.29, 1.82) is 0 Å². The van der Waals surface area contributed by atoms with Crippen molar-refractivity contribution in [3.8, 4) is 11.5 Å². The Labute approximate surface area is 116 Å². The number of para-hydroxylation sites is 1. The van der Waals surface area contributed by atoms with Crippen LogP contribution in [-0.4, -0.2) is 16.2 Å². The van der Waals surface area contributed by atoms with Crippen LogP contribution in [0, 0.1) is 0 Å². The van der Waals surface area contributed by atoms with Crippen LogP contribution in [0.25, 0.3) is 6.08 Å². The molecule has 0 aliphatic rings. The van der Waals surface area contributed by atoms with Gasteiger partial charge >= 0.3 is 5.97 Å². The topological polar surface area (TPSA) is 66.8 Å². The van der Waals surface area contributed by atoms with E-state index >= 15 is 0 Å². The number of benzene rings is 2. The van der Waals surface area contributed by atoms with Crippen LogP contribution in [-0.2, 0) is 11.4 Å². The van der Waals surface area contributed by atoms with Crippen molar-refractivity contribution in [3.63, 3.8) is 0 Å². The zero-order chi connectivity index (χ0) is 14.4. The van der Waals surface area contributed by atoms with Crippen molar-refractivity contribution < 1.29 is 19.7 Å². The molecule has 4 nitrogen and oxygen atoms in total. The normalized spacial score (nSPS) is 10.7. The predicted molar refractivity (Wildman–Crippen MR) is 75.6 cm³/mol. The quantitative estimate of drug-likeness (QED) is 0.819. The zero-order valence-corrected chi connectivity index (χ0v) is 10.7. The highest BCUT2D eigenvalue weighted by molar-refractivity contribution is 5.85. The molecule has 0 radical (unpaired) electrons. The first kappa shape index (κ1) is 13.8. The Hall–Kier alpha value is -2.59. The number of hydrogen-bond acceptors (Lipinski definition) is 3. The van der Waals surface area contributed by atoms with E-state index in [0.717, 1.165) is 11.6 Å². The van der Waals surface area contributed by atoms with E-state index in [2.05, 4.69) is 0 Å². The number of carboxylic acids is 1. The Morgan fingerprint density at radius 1 is 1.15 bits per heavy atom. The first-order valence-electron chi connectivity index (χ1n) is 6.07. The van der Waals surface area contributed by atoms with Crippen molar-refractivity contribution in [3.05, 3.63) is 65.7 Å². The van der Waals surface area contributed by atoms with Crippen molar-refractivity contribution in [1.82, 2.24) is 0 Å². The summed E-state index contributed by atoms with van der Waals surface area (Å²) in [5, 5.41) is 17.8. The third-order valence-corrected chi connectivity index (χ3v) is 2.65. The Bertz CT molecular complexity index is 632. The summed E-state index contributed by atoms with van der Waals surface area (Å²) in [5.41, 5.74) is 1.42. The minimum Gasteiger partial charge on any atom is -0.478 e. The molecule has 4 heteroatoms. The van der Waals surface area contributed by atoms with Gasteiger partial charge in [0.05, 0.1) is 6.61 Å². The molecule has 0 bridgehead atoms. The lowest BCUT2D eigenvalue weighted by Crippen LogP contribution is -1.91. The predicted octanol–water partition coefficient (Wildman–Crippen LogP) is 3.07. The van der Waals surface area contributed by atoms with Gasteiger partial charge in [0.1, 0.15) is 11.5 Å². The maximum atomic E-state index is 10.5. The van der Waals surface area contributed by atoms with E-state index in [1.807, 2.05) is 12.1 Å². The Kier molecular flexibility index (Phi) is 4.52. The SMILES string of the molecule is O=C(O)C=Cc1cccc(Oc2ccccc2CO)c1. The number of ether oxygens (including phenoxy) is 1. The number of aliphatic hydroxyl groups excluding tert-OH is 1. The summed E-state index contributed by atoms with van der Waals surface area (Å²) >= 11 is 0. The van der Waals surface area contributed by atoms with Gasteiger partial charge in [0, 0.05) is 11.6 Å². The number of aliphatic carboxylic acids is 1. The van der Waals surface area contributed by atoms with Crippen molar-refractivity contribution in [2.24, 2.45) is 0 Å². The highest BCUT2D eigenvalue weighted by Gasteiger charge is 2.03. The van der Waals surface area contributed by atoms with Crippen LogP contribution >= 0.6 is 0 Å². The van der Waals surface area contributed by atoms with Crippen LogP contribution in [0.2, 0.25) is 0 Å². The summed E-state index contributed by atoms with van der Waals surface area (Å²) in [6.07, 6.45) is 2.56. The van der Waals surface area contributed by atoms with E-state index in [-0.39, 0.29) is 6.61 Å². The summed E-state index contributed by atoms with van der Waals surface area (Å²) in [6.45, 7) is -0.102. The number of carboxylic acid groups (broad SMARTS) is 1. The first-order valence-corrected chi connectivity index (χ1v) is 6.07. The summed E-state index contributed by atoms with van der Waals surface area (Å²) in [4.78, 5) is 10.5. The molecule has 2 aromatic carbocycles. The Morgan fingerprint density at radius 2 is 1.95 bits per heavy atom. The Balaban J connectivity index is 2.21. The minimum atomic E-state index is -0.998. The van der Waals surface area contributed by atoms with Gasteiger partial charge < -0.3 is 14.9 Å². The number of hydrogen-bond donors (Lipinski definition) is 2. The molecular weight excluding hydrogens is 256 g/mol. The average molecular weight is 270 g/mol. The van der Waals surface area contributed by atoms with Gasteiger partial charge in [-0.2, -0.15) is 0 Å². The second-order valence-electron chi connectivity index (χ2n) is 4.11. The Morgan fingerprint density at radius 3 is 2.70 bits per heavy atom. The molecule has 0 aromatic heterocycles. The van der Waals surface area contributed by atoms with E-state index in [9.17, 15) is 9.90 Å². The molecule has 0 amide bonds. The fraction of sp³-hybridized carbons (Fsp3) is 0.0625. The van der Waals surface area contributed by atoms with Gasteiger partial charge in [0.15, 0.2) is 0 Å². The van der Waals surface area contributed by atoms with Crippen LogP contribution < -0.4 is 4.74 Å². The maximum Gasteiger partial charge on any atom is 0.328 e. The summed E-state index contributed by atoms with van der Waals surface area (Å²) in [7, 11) is 0. The third kappa shape index (κ3) is 3.70. The summed E-state index contributed by atoms with van der Waals surface area (Å²) in [6, 6.07) is 14.3. The van der Waals surface area contributed by atoms with E-state index in [1.54, 1.807) is 36.4 Å². The van der Waals surface area contributed by atoms with Crippen LogP contribution in [0.1, 0.15) is 11.1 Å². The van der Waals surface area contributed by atoms with Gasteiger partial charge in [-0.15, -0.1) is 0 Å². The lowest BCUT2D eigenvalue weighted by molar-refractivity contribution is -0.131. The van der Waals surface area contributed by atoms with Crippen molar-refractivity contribution in [2.45, 2.75) is 6.61 Å². The molecule has 0 spiro atoms. The van der Waals surface area contributed by atoms with E-state index in [4.69, 9.17) is 9.84 Å². The maximum absolute atomic E-state index is 10.5. The molecule has 0 aliphatic carbocycles. The largest absolute Gasteiger partial charge is 0.478 e. The molecule has 0 aliphatic heterocycles. The van der Waals surface area contributed by atoms with Gasteiger partial charge in [0.2, 0.25) is 0 Å². The van der Waals surface area contributed by atoms with Crippen LogP contribution in [0.4, 0.5) is 0 Å². The van der Waals surface area contributed by atoms with Crippen LogP contribution in [0.3, 0.4) is 0 Å². The van der Waals surface area contributed by atoms with Crippen molar-refractivity contribution in [2.75, 3.05) is 0 Å². The third-order valence-electron chi connectivity index (χ3n) is 2.65. The monoisotopic (exact) mass is 270 g/mol. The van der Waals surface area contributed by atoms with Gasteiger partial charge in [-0.3, -0.25) is 0 Å². The fourth-order valence-electron chi connectivity index (χ4n) is 1.71. The lowest BCUT2D eigenvalue weighted by Gasteiger charge is -2.09. The second kappa shape index (κ2) is 6.54. The molecule has 20 heavy (non-hydrogen) atoms. The molecule has 0 saturated carbocycles. The highest BCUT2D eigenvalue weighted by Crippen LogP contribution is 2.26. The van der Waals surface area contributed by atoms with Crippen LogP contribution in [0.5, 0.6) is 11.5 Å². The van der Waals surface area contributed by atoms with Gasteiger partial charge in [-0.1, -0.05) is 30.3 Å². The molecule has 2 rings (SSSR count). The molecule has 2 N–H and O–H groups in total. The molecular formula is C16H14O4. The van der Waals surface area contributed by atoms with Gasteiger partial charge in [-0.25, -0.2) is 4.79 Å². The van der Waals surface area contributed by atoms with Gasteiger partial charge in [-0.05, 0) is 29.8 Å². The van der Waals surface area contributed by atoms with E-state index < -0.39 is 5.97 Å². The van der Waals surface area contributed by atoms with Gasteiger partial charge in [0.25, 0.3) is 0 Å². The summed E-state index contributed by atoms with van der Waals surface area (Å²) in [5.74, 6) is 0.162. The molecule has 2 aromatic rings. The molecule has 0 saturated heterocycles. The molecule has 0 unspecified atom stereocenters. The molecule has 0 heterocycles. The smallest absolute Gasteiger partial charge is 0.328 e. The highest BCUT2D eigenvalue weighted by atomic mass is 16.5. The molecule has 0 fully saturated rings. The van der Waals surface area contributed by atoms with E-state index in [0.29, 0.717) is 17.1 Å². The minimum absolute atomic E-state index is 0.102. The van der Waals surface area contributed by atoms with E-state index in [1.165, 1.54) is 6.08 Å².